The fraction of sp³-hybridized carbons (Fsp3) is 1.00. The van der Waals surface area contributed by atoms with Crippen LogP contribution in [0.15, 0.2) is 0 Å². The molecule has 15 heavy (non-hydrogen) atoms. The molecule has 2 nitrogen and oxygen atoms in total. The van der Waals surface area contributed by atoms with E-state index in [4.69, 9.17) is 0 Å². The van der Waals surface area contributed by atoms with Gasteiger partial charge in [-0.1, -0.05) is 13.3 Å². The Labute approximate surface area is 84.3 Å². The molecule has 0 saturated heterocycles. The molecule has 0 spiro atoms. The van der Waals surface area contributed by atoms with Crippen LogP contribution < -0.4 is 0 Å². The Morgan fingerprint density at radius 3 is 2.13 bits per heavy atom. The van der Waals surface area contributed by atoms with E-state index in [0.717, 1.165) is 0 Å². The minimum absolute atomic E-state index is 0.0199. The molecule has 1 atom stereocenters. The molecule has 0 fully saturated rings. The van der Waals surface area contributed by atoms with Gasteiger partial charge in [0.25, 0.3) is 0 Å². The van der Waals surface area contributed by atoms with E-state index < -0.39 is 25.5 Å². The van der Waals surface area contributed by atoms with E-state index in [9.17, 15) is 22.0 Å². The third-order valence-corrected chi connectivity index (χ3v) is 1.64. The summed E-state index contributed by atoms with van der Waals surface area (Å²) in [6.07, 6.45) is -4.09. The average Bonchev–Trinajstić information content (AvgIpc) is 2.11. The molecule has 0 aliphatic heterocycles. The van der Waals surface area contributed by atoms with Gasteiger partial charge in [0.05, 0.1) is 0 Å². The zero-order chi connectivity index (χ0) is 11.9. The lowest BCUT2D eigenvalue weighted by atomic mass is 10.3. The van der Waals surface area contributed by atoms with Crippen LogP contribution in [-0.2, 0) is 9.47 Å². The lowest BCUT2D eigenvalue weighted by molar-refractivity contribution is -0.353. The molecule has 0 rings (SSSR count). The smallest absolute Gasteiger partial charge is 0.375 e. The first-order valence-corrected chi connectivity index (χ1v) is 4.40. The van der Waals surface area contributed by atoms with Crippen molar-refractivity contribution in [2.24, 2.45) is 0 Å². The fourth-order valence-electron chi connectivity index (χ4n) is 0.742. The number of alkyl halides is 5. The maximum Gasteiger partial charge on any atom is 0.450 e. The molecule has 0 aliphatic carbocycles. The van der Waals surface area contributed by atoms with Crippen molar-refractivity contribution in [2.45, 2.75) is 31.8 Å². The standard InChI is InChI=1S/C8H13F5O2/c1-2-3-4-14-5-7(10,15-6-9)8(11,12)13/h2-6H2,1H3. The molecule has 92 valence electrons. The summed E-state index contributed by atoms with van der Waals surface area (Å²) in [6.45, 7) is -1.42. The maximum atomic E-state index is 13.0. The molecule has 0 aromatic rings. The van der Waals surface area contributed by atoms with Crippen molar-refractivity contribution >= 4 is 0 Å². The lowest BCUT2D eigenvalue weighted by Gasteiger charge is -2.26. The Morgan fingerprint density at radius 2 is 1.73 bits per heavy atom. The van der Waals surface area contributed by atoms with Gasteiger partial charge in [0.15, 0.2) is 6.86 Å². The molecule has 0 saturated carbocycles. The van der Waals surface area contributed by atoms with Gasteiger partial charge in [0, 0.05) is 6.61 Å². The quantitative estimate of drug-likeness (QED) is 0.499. The average molecular weight is 236 g/mol. The summed E-state index contributed by atoms with van der Waals surface area (Å²) in [5.41, 5.74) is 0. The number of unbranched alkanes of at least 4 members (excludes halogenated alkanes) is 1. The summed E-state index contributed by atoms with van der Waals surface area (Å²) in [6, 6.07) is 0. The number of ether oxygens (including phenoxy) is 2. The first-order chi connectivity index (χ1) is 6.87. The topological polar surface area (TPSA) is 18.5 Å². The van der Waals surface area contributed by atoms with E-state index in [0.29, 0.717) is 12.8 Å². The SMILES string of the molecule is CCCCOCC(F)(OCF)C(F)(F)F. The summed E-state index contributed by atoms with van der Waals surface area (Å²) in [5.74, 6) is -4.06. The van der Waals surface area contributed by atoms with Crippen LogP contribution in [0.4, 0.5) is 22.0 Å². The van der Waals surface area contributed by atoms with Gasteiger partial charge in [-0.25, -0.2) is 4.39 Å². The predicted octanol–water partition coefficient (Wildman–Crippen LogP) is 2.97. The van der Waals surface area contributed by atoms with E-state index in [1.807, 2.05) is 0 Å². The van der Waals surface area contributed by atoms with Crippen LogP contribution in [-0.4, -0.2) is 32.1 Å². The molecular weight excluding hydrogens is 223 g/mol. The highest BCUT2D eigenvalue weighted by Crippen LogP contribution is 2.35. The predicted molar refractivity (Wildman–Crippen MR) is 42.7 cm³/mol. The van der Waals surface area contributed by atoms with Crippen molar-refractivity contribution in [3.8, 4) is 0 Å². The summed E-state index contributed by atoms with van der Waals surface area (Å²) in [4.78, 5) is 0. The van der Waals surface area contributed by atoms with Crippen molar-refractivity contribution in [1.82, 2.24) is 0 Å². The lowest BCUT2D eigenvalue weighted by Crippen LogP contribution is -2.47. The molecule has 0 amide bonds. The second-order valence-electron chi connectivity index (χ2n) is 2.89. The Bertz CT molecular complexity index is 173. The second-order valence-corrected chi connectivity index (χ2v) is 2.89. The molecule has 0 N–H and O–H groups in total. The third-order valence-electron chi connectivity index (χ3n) is 1.64. The van der Waals surface area contributed by atoms with Gasteiger partial charge in [-0.2, -0.15) is 17.6 Å². The Hall–Kier alpha value is -0.430. The molecule has 0 aliphatic rings. The van der Waals surface area contributed by atoms with Crippen LogP contribution in [0.5, 0.6) is 0 Å². The van der Waals surface area contributed by atoms with Crippen molar-refractivity contribution in [1.29, 1.82) is 0 Å². The normalized spacial score (nSPS) is 16.4. The summed E-state index contributed by atoms with van der Waals surface area (Å²) in [7, 11) is 0. The first kappa shape index (κ1) is 14.6. The molecule has 1 unspecified atom stereocenters. The van der Waals surface area contributed by atoms with Gasteiger partial charge in [-0.05, 0) is 6.42 Å². The van der Waals surface area contributed by atoms with Gasteiger partial charge < -0.3 is 9.47 Å². The minimum atomic E-state index is -5.30. The summed E-state index contributed by atoms with van der Waals surface area (Å²) < 4.78 is 68.6. The number of halogens is 5. The van der Waals surface area contributed by atoms with Crippen LogP contribution in [0.25, 0.3) is 0 Å². The minimum Gasteiger partial charge on any atom is -0.375 e. The first-order valence-electron chi connectivity index (χ1n) is 4.40. The molecule has 0 bridgehead atoms. The van der Waals surface area contributed by atoms with E-state index in [-0.39, 0.29) is 6.61 Å². The summed E-state index contributed by atoms with van der Waals surface area (Å²) >= 11 is 0. The monoisotopic (exact) mass is 236 g/mol. The van der Waals surface area contributed by atoms with Crippen LogP contribution in [0.3, 0.4) is 0 Å². The number of rotatable bonds is 7. The van der Waals surface area contributed by atoms with Crippen molar-refractivity contribution in [3.05, 3.63) is 0 Å². The highest BCUT2D eigenvalue weighted by Gasteiger charge is 2.58. The van der Waals surface area contributed by atoms with Crippen molar-refractivity contribution < 1.29 is 31.4 Å². The van der Waals surface area contributed by atoms with E-state index in [1.54, 1.807) is 6.92 Å². The highest BCUT2D eigenvalue weighted by molar-refractivity contribution is 4.76. The zero-order valence-electron chi connectivity index (χ0n) is 8.24. The van der Waals surface area contributed by atoms with Crippen molar-refractivity contribution in [2.75, 3.05) is 20.1 Å². The van der Waals surface area contributed by atoms with Gasteiger partial charge in [0.1, 0.15) is 6.61 Å². The largest absolute Gasteiger partial charge is 0.450 e. The highest BCUT2D eigenvalue weighted by atomic mass is 19.4. The van der Waals surface area contributed by atoms with Gasteiger partial charge in [0.2, 0.25) is 0 Å². The number of hydrogen-bond donors (Lipinski definition) is 0. The van der Waals surface area contributed by atoms with E-state index in [2.05, 4.69) is 9.47 Å². The molecule has 0 heterocycles. The summed E-state index contributed by atoms with van der Waals surface area (Å²) in [5, 5.41) is 0. The van der Waals surface area contributed by atoms with E-state index in [1.165, 1.54) is 0 Å². The molecule has 0 radical (unpaired) electrons. The van der Waals surface area contributed by atoms with Crippen LogP contribution in [0.2, 0.25) is 0 Å². The Kier molecular flexibility index (Phi) is 6.04. The van der Waals surface area contributed by atoms with Crippen LogP contribution in [0.1, 0.15) is 19.8 Å². The molecule has 0 aromatic heterocycles. The fourth-order valence-corrected chi connectivity index (χ4v) is 0.742. The molecule has 7 heteroatoms. The van der Waals surface area contributed by atoms with Gasteiger partial charge in [-0.3, -0.25) is 0 Å². The van der Waals surface area contributed by atoms with Gasteiger partial charge >= 0.3 is 12.0 Å². The van der Waals surface area contributed by atoms with Crippen LogP contribution >= 0.6 is 0 Å². The van der Waals surface area contributed by atoms with E-state index >= 15 is 0 Å². The van der Waals surface area contributed by atoms with Crippen LogP contribution in [0, 0.1) is 0 Å². The molecule has 0 aromatic carbocycles. The van der Waals surface area contributed by atoms with Crippen molar-refractivity contribution in [3.63, 3.8) is 0 Å². The van der Waals surface area contributed by atoms with Gasteiger partial charge in [-0.15, -0.1) is 0 Å². The Balaban J connectivity index is 4.14. The Morgan fingerprint density at radius 1 is 1.13 bits per heavy atom. The second kappa shape index (κ2) is 6.22. The number of hydrogen-bond acceptors (Lipinski definition) is 2. The zero-order valence-corrected chi connectivity index (χ0v) is 8.24. The molecular formula is C8H13F5O2. The maximum absolute atomic E-state index is 13.0. The third kappa shape index (κ3) is 4.74.